The van der Waals surface area contributed by atoms with Crippen LogP contribution in [0.2, 0.25) is 5.02 Å². The van der Waals surface area contributed by atoms with Crippen LogP contribution in [0, 0.1) is 0 Å². The standard InChI is InChI=1S/C25H27ClN4O3/c1-4-8-17-13-16(14-30-21(5-2)28-24-23(30)27-15-29(24)3)11-12-20(17)33-22(25(31)32)18-9-6-7-10-19(18)26/h6-7,9-13,15,22H,4-5,8,14H2,1-3H3,(H,31,32). The lowest BCUT2D eigenvalue weighted by Crippen LogP contribution is -2.19. The van der Waals surface area contributed by atoms with E-state index >= 15 is 0 Å². The van der Waals surface area contributed by atoms with E-state index < -0.39 is 12.1 Å². The van der Waals surface area contributed by atoms with Crippen LogP contribution in [0.25, 0.3) is 11.3 Å². The summed E-state index contributed by atoms with van der Waals surface area (Å²) in [6.07, 6.45) is 3.06. The average molecular weight is 467 g/mol. The van der Waals surface area contributed by atoms with Gasteiger partial charge in [-0.25, -0.2) is 14.8 Å². The molecule has 0 saturated carbocycles. The second-order valence-electron chi connectivity index (χ2n) is 8.02. The van der Waals surface area contributed by atoms with Crippen molar-refractivity contribution in [1.82, 2.24) is 19.1 Å². The van der Waals surface area contributed by atoms with Crippen LogP contribution in [-0.2, 0) is 31.2 Å². The fraction of sp³-hybridized carbons (Fsp3) is 0.320. The maximum Gasteiger partial charge on any atom is 0.349 e. The molecule has 8 heteroatoms. The van der Waals surface area contributed by atoms with Crippen LogP contribution in [0.1, 0.15) is 48.9 Å². The SMILES string of the molecule is CCCc1cc(Cn2c(CC)nc3c2ncn3C)ccc1OC(C(=O)O)c1ccccc1Cl. The molecule has 0 fully saturated rings. The van der Waals surface area contributed by atoms with Gasteiger partial charge in [-0.1, -0.05) is 62.2 Å². The third-order valence-electron chi connectivity index (χ3n) is 5.65. The number of rotatable bonds is 9. The van der Waals surface area contributed by atoms with Crippen molar-refractivity contribution in [3.8, 4) is 5.75 Å². The number of carbonyl (C=O) groups is 1. The fourth-order valence-electron chi connectivity index (χ4n) is 4.03. The second-order valence-corrected chi connectivity index (χ2v) is 8.43. The van der Waals surface area contributed by atoms with Crippen LogP contribution in [0.15, 0.2) is 48.8 Å². The van der Waals surface area contributed by atoms with E-state index in [4.69, 9.17) is 21.3 Å². The molecule has 1 atom stereocenters. The van der Waals surface area contributed by atoms with Crippen molar-refractivity contribution in [2.24, 2.45) is 7.05 Å². The molecule has 1 unspecified atom stereocenters. The largest absolute Gasteiger partial charge is 0.478 e. The lowest BCUT2D eigenvalue weighted by atomic mass is 10.0. The molecule has 0 amide bonds. The van der Waals surface area contributed by atoms with E-state index in [1.807, 2.05) is 23.7 Å². The van der Waals surface area contributed by atoms with Crippen molar-refractivity contribution in [3.05, 3.63) is 76.3 Å². The minimum absolute atomic E-state index is 0.366. The monoisotopic (exact) mass is 466 g/mol. The molecule has 0 aliphatic carbocycles. The van der Waals surface area contributed by atoms with E-state index in [1.54, 1.807) is 30.6 Å². The number of carboxylic acid groups (broad SMARTS) is 1. The first-order chi connectivity index (χ1) is 15.9. The molecular weight excluding hydrogens is 440 g/mol. The van der Waals surface area contributed by atoms with Crippen LogP contribution in [0.3, 0.4) is 0 Å². The van der Waals surface area contributed by atoms with Crippen molar-refractivity contribution in [3.63, 3.8) is 0 Å². The zero-order chi connectivity index (χ0) is 23.5. The topological polar surface area (TPSA) is 82.2 Å². The Morgan fingerprint density at radius 1 is 1.18 bits per heavy atom. The molecule has 4 aromatic rings. The summed E-state index contributed by atoms with van der Waals surface area (Å²) < 4.78 is 10.1. The van der Waals surface area contributed by atoms with Crippen molar-refractivity contribution in [1.29, 1.82) is 0 Å². The minimum atomic E-state index is -1.19. The zero-order valence-corrected chi connectivity index (χ0v) is 19.7. The van der Waals surface area contributed by atoms with Gasteiger partial charge in [-0.2, -0.15) is 0 Å². The first-order valence-corrected chi connectivity index (χ1v) is 11.4. The minimum Gasteiger partial charge on any atom is -0.478 e. The Kier molecular flexibility index (Phi) is 6.70. The van der Waals surface area contributed by atoms with E-state index in [2.05, 4.69) is 29.5 Å². The van der Waals surface area contributed by atoms with Crippen LogP contribution < -0.4 is 4.74 Å². The van der Waals surface area contributed by atoms with Crippen LogP contribution in [0.5, 0.6) is 5.75 Å². The summed E-state index contributed by atoms with van der Waals surface area (Å²) in [5.41, 5.74) is 4.20. The van der Waals surface area contributed by atoms with Gasteiger partial charge in [0, 0.05) is 24.1 Å². The van der Waals surface area contributed by atoms with Gasteiger partial charge in [0.15, 0.2) is 11.3 Å². The fourth-order valence-corrected chi connectivity index (χ4v) is 4.26. The number of hydrogen-bond donors (Lipinski definition) is 1. The highest BCUT2D eigenvalue weighted by Crippen LogP contribution is 2.31. The number of nitrogens with zero attached hydrogens (tertiary/aromatic N) is 4. The number of hydrogen-bond acceptors (Lipinski definition) is 4. The summed E-state index contributed by atoms with van der Waals surface area (Å²) in [6, 6.07) is 12.8. The van der Waals surface area contributed by atoms with Gasteiger partial charge in [0.1, 0.15) is 11.6 Å². The quantitative estimate of drug-likeness (QED) is 0.367. The summed E-state index contributed by atoms with van der Waals surface area (Å²) in [7, 11) is 1.94. The summed E-state index contributed by atoms with van der Waals surface area (Å²) in [6.45, 7) is 4.79. The molecule has 0 aliphatic heterocycles. The summed E-state index contributed by atoms with van der Waals surface area (Å²) in [5, 5.41) is 10.2. The summed E-state index contributed by atoms with van der Waals surface area (Å²) in [5.74, 6) is 0.446. The Labute approximate surface area is 197 Å². The Morgan fingerprint density at radius 3 is 2.67 bits per heavy atom. The van der Waals surface area contributed by atoms with Gasteiger partial charge >= 0.3 is 5.97 Å². The molecule has 0 saturated heterocycles. The molecule has 172 valence electrons. The van der Waals surface area contributed by atoms with Gasteiger partial charge < -0.3 is 19.0 Å². The Bertz CT molecular complexity index is 1290. The van der Waals surface area contributed by atoms with E-state index in [0.717, 1.165) is 47.5 Å². The number of fused-ring (bicyclic) bond motifs is 1. The molecule has 0 aliphatic rings. The molecule has 2 aromatic carbocycles. The Hall–Kier alpha value is -3.32. The lowest BCUT2D eigenvalue weighted by molar-refractivity contribution is -0.145. The van der Waals surface area contributed by atoms with Gasteiger partial charge in [-0.3, -0.25) is 0 Å². The zero-order valence-electron chi connectivity index (χ0n) is 19.0. The molecule has 7 nitrogen and oxygen atoms in total. The molecular formula is C25H27ClN4O3. The van der Waals surface area contributed by atoms with E-state index in [9.17, 15) is 9.90 Å². The van der Waals surface area contributed by atoms with E-state index in [-0.39, 0.29) is 0 Å². The van der Waals surface area contributed by atoms with Crippen LogP contribution >= 0.6 is 11.6 Å². The van der Waals surface area contributed by atoms with E-state index in [1.165, 1.54) is 0 Å². The van der Waals surface area contributed by atoms with Gasteiger partial charge in [0.05, 0.1) is 12.9 Å². The normalized spacial score (nSPS) is 12.2. The number of aromatic nitrogens is 4. The van der Waals surface area contributed by atoms with E-state index in [0.29, 0.717) is 22.9 Å². The maximum absolute atomic E-state index is 12.0. The van der Waals surface area contributed by atoms with Gasteiger partial charge in [0.25, 0.3) is 0 Å². The Balaban J connectivity index is 1.67. The van der Waals surface area contributed by atoms with Gasteiger partial charge in [-0.15, -0.1) is 0 Å². The smallest absolute Gasteiger partial charge is 0.349 e. The maximum atomic E-state index is 12.0. The number of halogens is 1. The van der Waals surface area contributed by atoms with Crippen LogP contribution in [0.4, 0.5) is 0 Å². The second kappa shape index (κ2) is 9.67. The van der Waals surface area contributed by atoms with Crippen molar-refractivity contribution in [2.45, 2.75) is 45.8 Å². The number of aliphatic carboxylic acids is 1. The molecule has 2 heterocycles. The molecule has 1 N–H and O–H groups in total. The molecule has 0 bridgehead atoms. The highest BCUT2D eigenvalue weighted by atomic mass is 35.5. The van der Waals surface area contributed by atoms with Crippen molar-refractivity contribution < 1.29 is 14.6 Å². The van der Waals surface area contributed by atoms with Gasteiger partial charge in [-0.05, 0) is 29.7 Å². The van der Waals surface area contributed by atoms with Gasteiger partial charge in [0.2, 0.25) is 6.10 Å². The molecule has 0 radical (unpaired) electrons. The first-order valence-electron chi connectivity index (χ1n) is 11.0. The number of carboxylic acids is 1. The third kappa shape index (κ3) is 4.59. The average Bonchev–Trinajstić information content (AvgIpc) is 3.33. The van der Waals surface area contributed by atoms with Crippen LogP contribution in [-0.4, -0.2) is 30.2 Å². The third-order valence-corrected chi connectivity index (χ3v) is 5.99. The molecule has 0 spiro atoms. The number of aryl methyl sites for hydroxylation is 3. The lowest BCUT2D eigenvalue weighted by Gasteiger charge is -2.20. The number of benzene rings is 2. The van der Waals surface area contributed by atoms with Crippen molar-refractivity contribution in [2.75, 3.05) is 0 Å². The molecule has 4 rings (SSSR count). The Morgan fingerprint density at radius 2 is 1.97 bits per heavy atom. The summed E-state index contributed by atoms with van der Waals surface area (Å²) >= 11 is 6.25. The molecule has 33 heavy (non-hydrogen) atoms. The number of imidazole rings is 2. The highest BCUT2D eigenvalue weighted by molar-refractivity contribution is 6.31. The summed E-state index contributed by atoms with van der Waals surface area (Å²) in [4.78, 5) is 21.2. The first kappa shape index (κ1) is 22.9. The van der Waals surface area contributed by atoms with Crippen molar-refractivity contribution >= 4 is 28.9 Å². The highest BCUT2D eigenvalue weighted by Gasteiger charge is 2.25. The predicted molar refractivity (Wildman–Crippen MR) is 128 cm³/mol. The number of ether oxygens (including phenoxy) is 1. The predicted octanol–water partition coefficient (Wildman–Crippen LogP) is 5.19. The molecule has 2 aromatic heterocycles.